The maximum atomic E-state index is 11.5. The van der Waals surface area contributed by atoms with Gasteiger partial charge >= 0.3 is 0 Å². The van der Waals surface area contributed by atoms with Gasteiger partial charge in [0.15, 0.2) is 0 Å². The Bertz CT molecular complexity index is 664. The predicted octanol–water partition coefficient (Wildman–Crippen LogP) is 1.77. The van der Waals surface area contributed by atoms with Crippen LogP contribution in [0.3, 0.4) is 0 Å². The maximum absolute atomic E-state index is 11.5. The molecule has 0 atom stereocenters. The number of nitrogens with one attached hydrogen (secondary N) is 1. The van der Waals surface area contributed by atoms with Gasteiger partial charge in [-0.25, -0.2) is 0 Å². The van der Waals surface area contributed by atoms with Crippen LogP contribution in [0.4, 0.5) is 0 Å². The van der Waals surface area contributed by atoms with Crippen molar-refractivity contribution in [2.45, 2.75) is 26.0 Å². The Morgan fingerprint density at radius 3 is 2.48 bits per heavy atom. The Labute approximate surface area is 124 Å². The van der Waals surface area contributed by atoms with E-state index in [9.17, 15) is 8.42 Å². The molecule has 0 spiro atoms. The molecular formula is C14H19NO5S. The molecule has 1 N–H and O–H groups in total. The minimum Gasteiger partial charge on any atom is -0.497 e. The molecule has 116 valence electrons. The Morgan fingerprint density at radius 2 is 1.95 bits per heavy atom. The molecule has 0 bridgehead atoms. The van der Waals surface area contributed by atoms with Crippen molar-refractivity contribution in [3.63, 3.8) is 0 Å². The van der Waals surface area contributed by atoms with Crippen LogP contribution < -0.4 is 14.8 Å². The highest BCUT2D eigenvalue weighted by Crippen LogP contribution is 2.31. The summed E-state index contributed by atoms with van der Waals surface area (Å²) in [7, 11) is -0.452. The molecule has 0 unspecified atom stereocenters. The Hall–Kier alpha value is -1.73. The van der Waals surface area contributed by atoms with Gasteiger partial charge in [-0.2, -0.15) is 8.42 Å². The summed E-state index contributed by atoms with van der Waals surface area (Å²) in [4.78, 5) is 0. The summed E-state index contributed by atoms with van der Waals surface area (Å²) in [5, 5.41) is 4.21. The molecule has 1 aromatic rings. The first-order valence-electron chi connectivity index (χ1n) is 6.40. The van der Waals surface area contributed by atoms with Crippen molar-refractivity contribution in [3.8, 4) is 11.5 Å². The van der Waals surface area contributed by atoms with Crippen LogP contribution in [0.1, 0.15) is 19.4 Å². The second kappa shape index (κ2) is 5.57. The molecule has 0 amide bonds. The number of hydrogen-bond acceptors (Lipinski definition) is 6. The topological polar surface area (TPSA) is 73.9 Å². The van der Waals surface area contributed by atoms with E-state index in [0.717, 1.165) is 11.0 Å². The van der Waals surface area contributed by atoms with E-state index in [4.69, 9.17) is 13.7 Å². The molecule has 7 heteroatoms. The minimum absolute atomic E-state index is 0.418. The molecule has 1 aromatic carbocycles. The SMILES string of the molecule is COc1ccc(CNC2=CS(=O)(=O)OC2(C)C)c(OC)c1. The summed E-state index contributed by atoms with van der Waals surface area (Å²) in [6.45, 7) is 3.81. The number of hydrogen-bond donors (Lipinski definition) is 1. The van der Waals surface area contributed by atoms with Gasteiger partial charge in [-0.15, -0.1) is 0 Å². The Balaban J connectivity index is 2.17. The van der Waals surface area contributed by atoms with Gasteiger partial charge in [-0.3, -0.25) is 4.18 Å². The fourth-order valence-electron chi connectivity index (χ4n) is 2.09. The summed E-state index contributed by atoms with van der Waals surface area (Å²) in [5.41, 5.74) is 0.512. The lowest BCUT2D eigenvalue weighted by Gasteiger charge is -2.21. The molecule has 1 heterocycles. The molecule has 0 saturated carbocycles. The van der Waals surface area contributed by atoms with Crippen molar-refractivity contribution in [1.82, 2.24) is 5.32 Å². The number of methoxy groups -OCH3 is 2. The second-order valence-corrected chi connectivity index (χ2v) is 6.54. The lowest BCUT2D eigenvalue weighted by molar-refractivity contribution is 0.163. The minimum atomic E-state index is -3.61. The zero-order valence-corrected chi connectivity index (χ0v) is 13.3. The quantitative estimate of drug-likeness (QED) is 0.835. The summed E-state index contributed by atoms with van der Waals surface area (Å²) in [5.74, 6) is 1.36. The van der Waals surface area contributed by atoms with Crippen LogP contribution in [0.2, 0.25) is 0 Å². The van der Waals surface area contributed by atoms with Gasteiger partial charge in [0, 0.05) is 18.2 Å². The highest BCUT2D eigenvalue weighted by Gasteiger charge is 2.37. The normalized spacial score (nSPS) is 19.0. The largest absolute Gasteiger partial charge is 0.497 e. The van der Waals surface area contributed by atoms with Gasteiger partial charge in [0.1, 0.15) is 17.1 Å². The van der Waals surface area contributed by atoms with Crippen molar-refractivity contribution < 1.29 is 22.1 Å². The third-order valence-corrected chi connectivity index (χ3v) is 4.37. The first kappa shape index (κ1) is 15.7. The van der Waals surface area contributed by atoms with Crippen molar-refractivity contribution in [3.05, 3.63) is 34.9 Å². The van der Waals surface area contributed by atoms with E-state index >= 15 is 0 Å². The molecule has 21 heavy (non-hydrogen) atoms. The Kier molecular flexibility index (Phi) is 4.15. The van der Waals surface area contributed by atoms with Gasteiger partial charge < -0.3 is 14.8 Å². The van der Waals surface area contributed by atoms with E-state index in [1.165, 1.54) is 0 Å². The van der Waals surface area contributed by atoms with E-state index in [2.05, 4.69) is 5.32 Å². The zero-order valence-electron chi connectivity index (χ0n) is 12.5. The van der Waals surface area contributed by atoms with E-state index in [-0.39, 0.29) is 0 Å². The van der Waals surface area contributed by atoms with Crippen molar-refractivity contribution >= 4 is 10.1 Å². The van der Waals surface area contributed by atoms with Gasteiger partial charge in [0.05, 0.1) is 25.3 Å². The number of ether oxygens (including phenoxy) is 2. The van der Waals surface area contributed by atoms with Crippen LogP contribution >= 0.6 is 0 Å². The van der Waals surface area contributed by atoms with Crippen LogP contribution in [0.25, 0.3) is 0 Å². The van der Waals surface area contributed by atoms with Gasteiger partial charge in [-0.1, -0.05) is 0 Å². The Morgan fingerprint density at radius 1 is 1.24 bits per heavy atom. The van der Waals surface area contributed by atoms with E-state index in [0.29, 0.717) is 23.7 Å². The van der Waals surface area contributed by atoms with E-state index in [1.54, 1.807) is 34.1 Å². The van der Waals surface area contributed by atoms with E-state index in [1.807, 2.05) is 12.1 Å². The molecule has 0 fully saturated rings. The zero-order chi connectivity index (χ0) is 15.7. The predicted molar refractivity (Wildman–Crippen MR) is 78.6 cm³/mol. The molecule has 0 aromatic heterocycles. The second-order valence-electron chi connectivity index (χ2n) is 5.15. The van der Waals surface area contributed by atoms with Gasteiger partial charge in [-0.05, 0) is 26.0 Å². The summed E-state index contributed by atoms with van der Waals surface area (Å²) < 4.78 is 38.4. The van der Waals surface area contributed by atoms with Gasteiger partial charge in [0.25, 0.3) is 10.1 Å². The van der Waals surface area contributed by atoms with Crippen LogP contribution in [-0.4, -0.2) is 28.2 Å². The standard InChI is InChI=1S/C14H19NO5S/c1-14(2)13(9-21(16,17)20-14)15-8-10-5-6-11(18-3)7-12(10)19-4/h5-7,9,15H,8H2,1-4H3. The third-order valence-electron chi connectivity index (χ3n) is 3.20. The van der Waals surface area contributed by atoms with Crippen LogP contribution in [-0.2, 0) is 20.8 Å². The van der Waals surface area contributed by atoms with E-state index < -0.39 is 15.7 Å². The summed E-state index contributed by atoms with van der Waals surface area (Å²) in [6.07, 6.45) is 0. The van der Waals surface area contributed by atoms with Crippen molar-refractivity contribution in [2.75, 3.05) is 14.2 Å². The monoisotopic (exact) mass is 313 g/mol. The first-order chi connectivity index (χ1) is 9.77. The molecule has 1 aliphatic rings. The molecule has 2 rings (SSSR count). The van der Waals surface area contributed by atoms with Crippen molar-refractivity contribution in [1.29, 1.82) is 0 Å². The first-order valence-corrected chi connectivity index (χ1v) is 7.87. The highest BCUT2D eigenvalue weighted by molar-refractivity contribution is 7.90. The molecular weight excluding hydrogens is 294 g/mol. The summed E-state index contributed by atoms with van der Waals surface area (Å²) in [6, 6.07) is 5.46. The number of benzene rings is 1. The average molecular weight is 313 g/mol. The highest BCUT2D eigenvalue weighted by atomic mass is 32.2. The lowest BCUT2D eigenvalue weighted by Crippen LogP contribution is -2.31. The smallest absolute Gasteiger partial charge is 0.292 e. The molecule has 6 nitrogen and oxygen atoms in total. The fourth-order valence-corrected chi connectivity index (χ4v) is 3.46. The number of rotatable bonds is 5. The third kappa shape index (κ3) is 3.48. The molecule has 0 radical (unpaired) electrons. The van der Waals surface area contributed by atoms with Crippen LogP contribution in [0.15, 0.2) is 29.3 Å². The van der Waals surface area contributed by atoms with Crippen LogP contribution in [0, 0.1) is 0 Å². The molecule has 0 aliphatic carbocycles. The fraction of sp³-hybridized carbons (Fsp3) is 0.429. The van der Waals surface area contributed by atoms with Crippen LogP contribution in [0.5, 0.6) is 11.5 Å². The maximum Gasteiger partial charge on any atom is 0.292 e. The average Bonchev–Trinajstić information content (AvgIpc) is 2.63. The summed E-state index contributed by atoms with van der Waals surface area (Å²) >= 11 is 0. The lowest BCUT2D eigenvalue weighted by atomic mass is 10.1. The van der Waals surface area contributed by atoms with Gasteiger partial charge in [0.2, 0.25) is 0 Å². The molecule has 0 saturated heterocycles. The van der Waals surface area contributed by atoms with Crippen molar-refractivity contribution in [2.24, 2.45) is 0 Å². The molecule has 1 aliphatic heterocycles.